The number of alkyl halides is 1. The lowest BCUT2D eigenvalue weighted by molar-refractivity contribution is 0.117. The van der Waals surface area contributed by atoms with Crippen LogP contribution in [0.15, 0.2) is 18.2 Å². The molecule has 1 saturated carbocycles. The molecule has 0 radical (unpaired) electrons. The Labute approximate surface area is 117 Å². The molecule has 1 aromatic carbocycles. The minimum absolute atomic E-state index is 0.188. The van der Waals surface area contributed by atoms with Gasteiger partial charge >= 0.3 is 0 Å². The Hall–Kier alpha value is -0.570. The van der Waals surface area contributed by atoms with Crippen molar-refractivity contribution in [2.24, 2.45) is 5.92 Å². The van der Waals surface area contributed by atoms with E-state index in [4.69, 9.17) is 4.74 Å². The zero-order valence-electron chi connectivity index (χ0n) is 10.8. The van der Waals surface area contributed by atoms with Gasteiger partial charge in [-0.3, -0.25) is 0 Å². The van der Waals surface area contributed by atoms with Crippen LogP contribution in [0, 0.1) is 11.7 Å². The van der Waals surface area contributed by atoms with Gasteiger partial charge in [-0.15, -0.1) is 0 Å². The summed E-state index contributed by atoms with van der Waals surface area (Å²) in [7, 11) is 0. The smallest absolute Gasteiger partial charge is 0.165 e. The zero-order chi connectivity index (χ0) is 13.0. The predicted octanol–water partition coefficient (Wildman–Crippen LogP) is 5.07. The molecule has 1 aromatic rings. The van der Waals surface area contributed by atoms with Crippen LogP contribution in [-0.4, -0.2) is 6.10 Å². The summed E-state index contributed by atoms with van der Waals surface area (Å²) < 4.78 is 19.7. The highest BCUT2D eigenvalue weighted by atomic mass is 79.9. The fraction of sp³-hybridized carbons (Fsp3) is 0.600. The van der Waals surface area contributed by atoms with E-state index in [1.54, 1.807) is 12.1 Å². The van der Waals surface area contributed by atoms with Gasteiger partial charge in [0.05, 0.1) is 6.10 Å². The van der Waals surface area contributed by atoms with Crippen molar-refractivity contribution in [3.63, 3.8) is 0 Å². The third kappa shape index (κ3) is 3.47. The summed E-state index contributed by atoms with van der Waals surface area (Å²) in [5.41, 5.74) is 0.940. The van der Waals surface area contributed by atoms with Crippen LogP contribution < -0.4 is 4.74 Å². The van der Waals surface area contributed by atoms with Crippen molar-refractivity contribution in [2.75, 3.05) is 0 Å². The Kier molecular flexibility index (Phi) is 5.04. The number of halogens is 2. The van der Waals surface area contributed by atoms with Gasteiger partial charge in [0.2, 0.25) is 0 Å². The molecule has 0 aromatic heterocycles. The topological polar surface area (TPSA) is 9.23 Å². The number of hydrogen-bond acceptors (Lipinski definition) is 1. The van der Waals surface area contributed by atoms with Crippen LogP contribution in [0.4, 0.5) is 4.39 Å². The Bertz CT molecular complexity index is 394. The molecule has 0 bridgehead atoms. The van der Waals surface area contributed by atoms with Crippen molar-refractivity contribution in [1.29, 1.82) is 0 Å². The van der Waals surface area contributed by atoms with E-state index in [2.05, 4.69) is 22.9 Å². The largest absolute Gasteiger partial charge is 0.487 e. The molecule has 0 N–H and O–H groups in total. The van der Waals surface area contributed by atoms with Crippen LogP contribution in [-0.2, 0) is 5.33 Å². The second-order valence-electron chi connectivity index (χ2n) is 5.08. The second-order valence-corrected chi connectivity index (χ2v) is 5.64. The van der Waals surface area contributed by atoms with Crippen LogP contribution in [0.2, 0.25) is 0 Å². The molecule has 1 fully saturated rings. The quantitative estimate of drug-likeness (QED) is 0.705. The molecule has 2 unspecified atom stereocenters. The molecule has 100 valence electrons. The predicted molar refractivity (Wildman–Crippen MR) is 75.7 cm³/mol. The fourth-order valence-corrected chi connectivity index (χ4v) is 2.97. The summed E-state index contributed by atoms with van der Waals surface area (Å²) in [5, 5.41) is 0.672. The minimum atomic E-state index is -0.245. The molecule has 1 nitrogen and oxygen atoms in total. The molecule has 2 atom stereocenters. The average molecular weight is 315 g/mol. The average Bonchev–Trinajstić information content (AvgIpc) is 2.41. The molecule has 18 heavy (non-hydrogen) atoms. The molecular weight excluding hydrogens is 295 g/mol. The number of rotatable bonds is 4. The molecule has 0 aliphatic heterocycles. The lowest BCUT2D eigenvalue weighted by Gasteiger charge is -2.29. The summed E-state index contributed by atoms with van der Waals surface area (Å²) >= 11 is 3.32. The summed E-state index contributed by atoms with van der Waals surface area (Å²) in [6, 6.07) is 5.21. The molecule has 0 spiro atoms. The van der Waals surface area contributed by atoms with Gasteiger partial charge in [0, 0.05) is 5.33 Å². The standard InChI is InChI=1S/C15H20BrFO/c1-2-11-4-3-5-13(8-11)18-15-7-6-12(10-16)9-14(15)17/h6-7,9,11,13H,2-5,8,10H2,1H3. The normalized spacial score (nSPS) is 23.9. The number of benzene rings is 1. The van der Waals surface area contributed by atoms with Crippen molar-refractivity contribution in [2.45, 2.75) is 50.5 Å². The highest BCUT2D eigenvalue weighted by molar-refractivity contribution is 9.08. The van der Waals surface area contributed by atoms with Crippen LogP contribution in [0.3, 0.4) is 0 Å². The fourth-order valence-electron chi connectivity index (χ4n) is 2.62. The first-order chi connectivity index (χ1) is 8.72. The van der Waals surface area contributed by atoms with Crippen molar-refractivity contribution < 1.29 is 9.13 Å². The van der Waals surface area contributed by atoms with Gasteiger partial charge in [0.15, 0.2) is 11.6 Å². The van der Waals surface area contributed by atoms with Gasteiger partial charge in [-0.05, 0) is 42.9 Å². The highest BCUT2D eigenvalue weighted by Gasteiger charge is 2.22. The lowest BCUT2D eigenvalue weighted by atomic mass is 9.85. The van der Waals surface area contributed by atoms with E-state index in [1.807, 2.05) is 6.07 Å². The zero-order valence-corrected chi connectivity index (χ0v) is 12.4. The highest BCUT2D eigenvalue weighted by Crippen LogP contribution is 2.30. The van der Waals surface area contributed by atoms with E-state index < -0.39 is 0 Å². The van der Waals surface area contributed by atoms with Gasteiger partial charge in [0.25, 0.3) is 0 Å². The van der Waals surface area contributed by atoms with Crippen molar-refractivity contribution >= 4 is 15.9 Å². The maximum atomic E-state index is 13.8. The molecule has 1 aliphatic carbocycles. The van der Waals surface area contributed by atoms with Crippen molar-refractivity contribution in [1.82, 2.24) is 0 Å². The SMILES string of the molecule is CCC1CCCC(Oc2ccc(CBr)cc2F)C1. The first kappa shape index (κ1) is 13.9. The van der Waals surface area contributed by atoms with Gasteiger partial charge in [0.1, 0.15) is 0 Å². The molecule has 0 heterocycles. The molecule has 0 amide bonds. The van der Waals surface area contributed by atoms with Crippen LogP contribution in [0.25, 0.3) is 0 Å². The summed E-state index contributed by atoms with van der Waals surface area (Å²) in [6.45, 7) is 2.22. The molecule has 3 heteroatoms. The van der Waals surface area contributed by atoms with Gasteiger partial charge in [-0.25, -0.2) is 4.39 Å². The molecule has 2 rings (SSSR count). The van der Waals surface area contributed by atoms with Crippen LogP contribution in [0.1, 0.15) is 44.6 Å². The minimum Gasteiger partial charge on any atom is -0.487 e. The monoisotopic (exact) mass is 314 g/mol. The molecule has 0 saturated heterocycles. The Morgan fingerprint density at radius 3 is 2.89 bits per heavy atom. The third-order valence-electron chi connectivity index (χ3n) is 3.76. The van der Waals surface area contributed by atoms with Gasteiger partial charge < -0.3 is 4.74 Å². The first-order valence-electron chi connectivity index (χ1n) is 6.74. The molecule has 1 aliphatic rings. The van der Waals surface area contributed by atoms with E-state index in [-0.39, 0.29) is 11.9 Å². The van der Waals surface area contributed by atoms with Crippen molar-refractivity contribution in [3.05, 3.63) is 29.6 Å². The summed E-state index contributed by atoms with van der Waals surface area (Å²) in [4.78, 5) is 0. The second kappa shape index (κ2) is 6.55. The molecular formula is C15H20BrFO. The number of ether oxygens (including phenoxy) is 1. The summed E-state index contributed by atoms with van der Waals surface area (Å²) in [6.07, 6.45) is 6.00. The van der Waals surface area contributed by atoms with Crippen molar-refractivity contribution in [3.8, 4) is 5.75 Å². The lowest BCUT2D eigenvalue weighted by Crippen LogP contribution is -2.25. The van der Waals surface area contributed by atoms with E-state index in [0.717, 1.165) is 24.3 Å². The third-order valence-corrected chi connectivity index (χ3v) is 4.40. The van der Waals surface area contributed by atoms with Gasteiger partial charge in [-0.2, -0.15) is 0 Å². The first-order valence-corrected chi connectivity index (χ1v) is 7.86. The maximum absolute atomic E-state index is 13.8. The van der Waals surface area contributed by atoms with E-state index in [0.29, 0.717) is 11.1 Å². The Morgan fingerprint density at radius 2 is 2.22 bits per heavy atom. The Balaban J connectivity index is 2.00. The summed E-state index contributed by atoms with van der Waals surface area (Å²) in [5.74, 6) is 0.903. The van der Waals surface area contributed by atoms with E-state index >= 15 is 0 Å². The van der Waals surface area contributed by atoms with Gasteiger partial charge in [-0.1, -0.05) is 41.8 Å². The van der Waals surface area contributed by atoms with E-state index in [1.165, 1.54) is 19.3 Å². The van der Waals surface area contributed by atoms with Crippen LogP contribution in [0.5, 0.6) is 5.75 Å². The Morgan fingerprint density at radius 1 is 1.39 bits per heavy atom. The van der Waals surface area contributed by atoms with E-state index in [9.17, 15) is 4.39 Å². The number of hydrogen-bond donors (Lipinski definition) is 0. The maximum Gasteiger partial charge on any atom is 0.165 e. The van der Waals surface area contributed by atoms with Crippen LogP contribution >= 0.6 is 15.9 Å².